The molecule has 0 aliphatic rings. The number of nitrogens with one attached hydrogen (secondary N) is 1. The van der Waals surface area contributed by atoms with E-state index in [-0.39, 0.29) is 23.7 Å². The summed E-state index contributed by atoms with van der Waals surface area (Å²) >= 11 is 3.08. The molecular formula is C12H13BrFN5O. The topological polar surface area (TPSA) is 86.0 Å². The van der Waals surface area contributed by atoms with Gasteiger partial charge in [0.25, 0.3) is 0 Å². The lowest BCUT2D eigenvalue weighted by molar-refractivity contribution is 0.292. The predicted octanol–water partition coefficient (Wildman–Crippen LogP) is 2.89. The minimum atomic E-state index is -0.389. The van der Waals surface area contributed by atoms with Crippen molar-refractivity contribution < 1.29 is 9.13 Å². The lowest BCUT2D eigenvalue weighted by Crippen LogP contribution is -2.07. The molecule has 0 saturated carbocycles. The molecule has 0 bridgehead atoms. The van der Waals surface area contributed by atoms with Gasteiger partial charge in [0.05, 0.1) is 11.1 Å². The standard InChI is InChI=1S/C12H13BrFN5O/c1-2-5-20-12-18-10(15)17-11(19-12)16-7-3-4-8(13)9(14)6-7/h3-4,6H,2,5H2,1H3,(H3,15,16,17,18,19). The summed E-state index contributed by atoms with van der Waals surface area (Å²) in [5, 5.41) is 2.85. The summed E-state index contributed by atoms with van der Waals surface area (Å²) in [5.41, 5.74) is 6.07. The molecule has 2 rings (SSSR count). The van der Waals surface area contributed by atoms with E-state index in [2.05, 4.69) is 36.2 Å². The number of rotatable bonds is 5. The number of ether oxygens (including phenoxy) is 1. The Balaban J connectivity index is 2.19. The molecule has 20 heavy (non-hydrogen) atoms. The van der Waals surface area contributed by atoms with E-state index in [1.807, 2.05) is 6.92 Å². The molecule has 0 saturated heterocycles. The van der Waals surface area contributed by atoms with Gasteiger partial charge in [-0.15, -0.1) is 0 Å². The van der Waals surface area contributed by atoms with Crippen LogP contribution in [0.25, 0.3) is 0 Å². The predicted molar refractivity (Wildman–Crippen MR) is 77.4 cm³/mol. The van der Waals surface area contributed by atoms with Gasteiger partial charge in [-0.25, -0.2) is 4.39 Å². The maximum atomic E-state index is 13.4. The molecule has 3 N–H and O–H groups in total. The molecular weight excluding hydrogens is 329 g/mol. The van der Waals surface area contributed by atoms with Gasteiger partial charge in [0, 0.05) is 5.69 Å². The number of nitrogen functional groups attached to an aromatic ring is 1. The highest BCUT2D eigenvalue weighted by molar-refractivity contribution is 9.10. The molecule has 1 aromatic carbocycles. The molecule has 0 aliphatic heterocycles. The largest absolute Gasteiger partial charge is 0.463 e. The second-order valence-corrected chi connectivity index (χ2v) is 4.76. The second-order valence-electron chi connectivity index (χ2n) is 3.90. The van der Waals surface area contributed by atoms with Gasteiger partial charge in [-0.2, -0.15) is 15.0 Å². The number of aromatic nitrogens is 3. The number of nitrogens with two attached hydrogens (primary N) is 1. The summed E-state index contributed by atoms with van der Waals surface area (Å²) in [4.78, 5) is 11.8. The van der Waals surface area contributed by atoms with Gasteiger partial charge in [0.2, 0.25) is 11.9 Å². The molecule has 8 heteroatoms. The summed E-state index contributed by atoms with van der Waals surface area (Å²) in [6.07, 6.45) is 0.826. The molecule has 0 unspecified atom stereocenters. The van der Waals surface area contributed by atoms with Gasteiger partial charge in [-0.05, 0) is 40.5 Å². The Labute approximate surface area is 123 Å². The third kappa shape index (κ3) is 3.77. The monoisotopic (exact) mass is 341 g/mol. The SMILES string of the molecule is CCCOc1nc(N)nc(Nc2ccc(Br)c(F)c2)n1. The maximum absolute atomic E-state index is 13.4. The lowest BCUT2D eigenvalue weighted by Gasteiger charge is -2.08. The first-order chi connectivity index (χ1) is 9.58. The first kappa shape index (κ1) is 14.4. The molecule has 0 spiro atoms. The first-order valence-corrected chi connectivity index (χ1v) is 6.74. The van der Waals surface area contributed by atoms with Crippen molar-refractivity contribution in [3.63, 3.8) is 0 Å². The quantitative estimate of drug-likeness (QED) is 0.869. The Bertz CT molecular complexity index is 610. The molecule has 0 amide bonds. The summed E-state index contributed by atoms with van der Waals surface area (Å²) in [5.74, 6) is -0.156. The first-order valence-electron chi connectivity index (χ1n) is 5.95. The summed E-state index contributed by atoms with van der Waals surface area (Å²) in [7, 11) is 0. The Morgan fingerprint density at radius 2 is 2.15 bits per heavy atom. The lowest BCUT2D eigenvalue weighted by atomic mass is 10.3. The molecule has 6 nitrogen and oxygen atoms in total. The third-order valence-corrected chi connectivity index (χ3v) is 2.89. The van der Waals surface area contributed by atoms with Crippen molar-refractivity contribution in [2.24, 2.45) is 0 Å². The summed E-state index contributed by atoms with van der Waals surface area (Å²) < 4.78 is 19.1. The third-order valence-electron chi connectivity index (χ3n) is 2.24. The summed E-state index contributed by atoms with van der Waals surface area (Å²) in [6.45, 7) is 2.45. The summed E-state index contributed by atoms with van der Waals surface area (Å²) in [6, 6.07) is 4.71. The van der Waals surface area contributed by atoms with Crippen molar-refractivity contribution in [3.8, 4) is 6.01 Å². The average Bonchev–Trinajstić information content (AvgIpc) is 2.40. The van der Waals surface area contributed by atoms with Gasteiger partial charge >= 0.3 is 6.01 Å². The molecule has 2 aromatic rings. The van der Waals surface area contributed by atoms with Crippen LogP contribution < -0.4 is 15.8 Å². The minimum absolute atomic E-state index is 0.0335. The van der Waals surface area contributed by atoms with Crippen LogP contribution in [0.4, 0.5) is 22.0 Å². The zero-order chi connectivity index (χ0) is 14.5. The van der Waals surface area contributed by atoms with Crippen LogP contribution in [0.5, 0.6) is 6.01 Å². The van der Waals surface area contributed by atoms with Crippen molar-refractivity contribution >= 4 is 33.5 Å². The van der Waals surface area contributed by atoms with E-state index in [9.17, 15) is 4.39 Å². The number of halogens is 2. The van der Waals surface area contributed by atoms with E-state index in [0.29, 0.717) is 16.8 Å². The number of benzene rings is 1. The van der Waals surface area contributed by atoms with Gasteiger partial charge < -0.3 is 15.8 Å². The van der Waals surface area contributed by atoms with Crippen LogP contribution in [-0.2, 0) is 0 Å². The van der Waals surface area contributed by atoms with Crippen LogP contribution in [0.2, 0.25) is 0 Å². The molecule has 0 fully saturated rings. The normalized spacial score (nSPS) is 10.3. The fourth-order valence-corrected chi connectivity index (χ4v) is 1.64. The molecule has 106 valence electrons. The van der Waals surface area contributed by atoms with Gasteiger partial charge in [0.15, 0.2) is 0 Å². The Morgan fingerprint density at radius 1 is 1.35 bits per heavy atom. The zero-order valence-corrected chi connectivity index (χ0v) is 12.3. The van der Waals surface area contributed by atoms with Gasteiger partial charge in [-0.3, -0.25) is 0 Å². The number of hydrogen-bond donors (Lipinski definition) is 2. The number of anilines is 3. The molecule has 0 aliphatic carbocycles. The zero-order valence-electron chi connectivity index (χ0n) is 10.7. The highest BCUT2D eigenvalue weighted by Gasteiger charge is 2.07. The molecule has 0 atom stereocenters. The van der Waals surface area contributed by atoms with Crippen LogP contribution in [0.3, 0.4) is 0 Å². The highest BCUT2D eigenvalue weighted by Crippen LogP contribution is 2.21. The van der Waals surface area contributed by atoms with Gasteiger partial charge in [0.1, 0.15) is 5.82 Å². The minimum Gasteiger partial charge on any atom is -0.463 e. The van der Waals surface area contributed by atoms with E-state index < -0.39 is 0 Å². The van der Waals surface area contributed by atoms with Crippen molar-refractivity contribution in [2.75, 3.05) is 17.7 Å². The highest BCUT2D eigenvalue weighted by atomic mass is 79.9. The van der Waals surface area contributed by atoms with Crippen LogP contribution in [-0.4, -0.2) is 21.6 Å². The Morgan fingerprint density at radius 3 is 2.85 bits per heavy atom. The fraction of sp³-hybridized carbons (Fsp3) is 0.250. The van der Waals surface area contributed by atoms with E-state index in [1.54, 1.807) is 12.1 Å². The number of nitrogens with zero attached hydrogens (tertiary/aromatic N) is 3. The average molecular weight is 342 g/mol. The van der Waals surface area contributed by atoms with E-state index in [1.165, 1.54) is 6.07 Å². The van der Waals surface area contributed by atoms with Crippen molar-refractivity contribution in [2.45, 2.75) is 13.3 Å². The van der Waals surface area contributed by atoms with Crippen molar-refractivity contribution in [1.29, 1.82) is 0 Å². The van der Waals surface area contributed by atoms with Gasteiger partial charge in [-0.1, -0.05) is 6.92 Å². The maximum Gasteiger partial charge on any atom is 0.323 e. The van der Waals surface area contributed by atoms with E-state index >= 15 is 0 Å². The Hall–Kier alpha value is -1.96. The molecule has 1 aromatic heterocycles. The smallest absolute Gasteiger partial charge is 0.323 e. The molecule has 1 heterocycles. The van der Waals surface area contributed by atoms with Crippen molar-refractivity contribution in [3.05, 3.63) is 28.5 Å². The van der Waals surface area contributed by atoms with Crippen molar-refractivity contribution in [1.82, 2.24) is 15.0 Å². The fourth-order valence-electron chi connectivity index (χ4n) is 1.39. The van der Waals surface area contributed by atoms with Crippen LogP contribution in [0, 0.1) is 5.82 Å². The Kier molecular flexibility index (Phi) is 4.67. The van der Waals surface area contributed by atoms with Crippen LogP contribution in [0.15, 0.2) is 22.7 Å². The van der Waals surface area contributed by atoms with E-state index in [0.717, 1.165) is 6.42 Å². The molecule has 0 radical (unpaired) electrons. The second kappa shape index (κ2) is 6.47. The van der Waals surface area contributed by atoms with E-state index in [4.69, 9.17) is 10.5 Å². The number of hydrogen-bond acceptors (Lipinski definition) is 6. The van der Waals surface area contributed by atoms with Crippen LogP contribution >= 0.6 is 15.9 Å². The van der Waals surface area contributed by atoms with Crippen LogP contribution in [0.1, 0.15) is 13.3 Å².